The number of aliphatic carboxylic acids is 1. The van der Waals surface area contributed by atoms with Crippen LogP contribution in [0, 0.1) is 0 Å². The highest BCUT2D eigenvalue weighted by Gasteiger charge is 2.26. The fourth-order valence-corrected chi connectivity index (χ4v) is 1.87. The van der Waals surface area contributed by atoms with Gasteiger partial charge in [0.15, 0.2) is 0 Å². The number of carboxylic acid groups (broad SMARTS) is 1. The summed E-state index contributed by atoms with van der Waals surface area (Å²) in [4.78, 5) is 35.4. The van der Waals surface area contributed by atoms with Crippen LogP contribution in [0.2, 0.25) is 0 Å². The van der Waals surface area contributed by atoms with E-state index in [1.54, 1.807) is 31.2 Å². The van der Waals surface area contributed by atoms with Crippen LogP contribution >= 0.6 is 0 Å². The Balaban J connectivity index is 2.97. The van der Waals surface area contributed by atoms with E-state index >= 15 is 0 Å². The molecule has 8 nitrogen and oxygen atoms in total. The molecule has 0 aliphatic heterocycles. The molecule has 0 heterocycles. The lowest BCUT2D eigenvalue weighted by atomic mass is 10.1. The van der Waals surface area contributed by atoms with E-state index in [9.17, 15) is 14.4 Å². The summed E-state index contributed by atoms with van der Waals surface area (Å²) < 4.78 is 10.2. The minimum Gasteiger partial charge on any atom is -0.497 e. The fourth-order valence-electron chi connectivity index (χ4n) is 1.87. The highest BCUT2D eigenvalue weighted by Crippen LogP contribution is 2.18. The van der Waals surface area contributed by atoms with Gasteiger partial charge >= 0.3 is 12.1 Å². The van der Waals surface area contributed by atoms with Crippen LogP contribution in [0.4, 0.5) is 4.79 Å². The number of rotatable bonds is 8. The molecule has 0 radical (unpaired) electrons. The van der Waals surface area contributed by atoms with Crippen LogP contribution in [-0.2, 0) is 14.3 Å². The molecule has 1 aromatic rings. The standard InChI is InChI=1S/C17H24N2O6/c1-5-10(2)25-17(23)19-14(15(20)18-11(3)16(21)22)12-6-8-13(24-4)9-7-12/h6-11,14H,5H2,1-4H3,(H,18,20)(H,19,23)(H,21,22)/t10?,11-,14-/m0/s1. The normalized spacial score (nSPS) is 13.9. The number of amides is 2. The van der Waals surface area contributed by atoms with Crippen molar-refractivity contribution in [3.05, 3.63) is 29.8 Å². The number of methoxy groups -OCH3 is 1. The monoisotopic (exact) mass is 352 g/mol. The molecule has 0 aliphatic carbocycles. The van der Waals surface area contributed by atoms with E-state index in [1.807, 2.05) is 6.92 Å². The summed E-state index contributed by atoms with van der Waals surface area (Å²) in [7, 11) is 1.51. The van der Waals surface area contributed by atoms with Gasteiger partial charge in [0, 0.05) is 0 Å². The summed E-state index contributed by atoms with van der Waals surface area (Å²) >= 11 is 0. The maximum atomic E-state index is 12.4. The molecule has 1 rings (SSSR count). The summed E-state index contributed by atoms with van der Waals surface area (Å²) in [5.74, 6) is -1.24. The zero-order valence-electron chi connectivity index (χ0n) is 14.7. The van der Waals surface area contributed by atoms with Crippen molar-refractivity contribution in [2.75, 3.05) is 7.11 Å². The van der Waals surface area contributed by atoms with Gasteiger partial charge in [-0.2, -0.15) is 0 Å². The van der Waals surface area contributed by atoms with Gasteiger partial charge in [-0.3, -0.25) is 9.59 Å². The number of hydrogen-bond donors (Lipinski definition) is 3. The van der Waals surface area contributed by atoms with Gasteiger partial charge in [0.2, 0.25) is 5.91 Å². The Morgan fingerprint density at radius 3 is 2.20 bits per heavy atom. The van der Waals surface area contributed by atoms with Gasteiger partial charge in [0.1, 0.15) is 23.9 Å². The highest BCUT2D eigenvalue weighted by molar-refractivity contribution is 5.90. The molecule has 0 saturated carbocycles. The molecule has 0 bridgehead atoms. The second-order valence-corrected chi connectivity index (χ2v) is 5.54. The zero-order chi connectivity index (χ0) is 19.0. The predicted octanol–water partition coefficient (Wildman–Crippen LogP) is 1.85. The van der Waals surface area contributed by atoms with Gasteiger partial charge in [-0.15, -0.1) is 0 Å². The Hall–Kier alpha value is -2.77. The van der Waals surface area contributed by atoms with E-state index in [4.69, 9.17) is 14.6 Å². The van der Waals surface area contributed by atoms with Crippen LogP contribution in [0.3, 0.4) is 0 Å². The largest absolute Gasteiger partial charge is 0.497 e. The van der Waals surface area contributed by atoms with E-state index in [0.717, 1.165) is 0 Å². The van der Waals surface area contributed by atoms with Gasteiger partial charge in [0.25, 0.3) is 0 Å². The van der Waals surface area contributed by atoms with Crippen molar-refractivity contribution in [3.63, 3.8) is 0 Å². The molecule has 0 spiro atoms. The number of carbonyl (C=O) groups is 3. The minimum absolute atomic E-state index is 0.308. The van der Waals surface area contributed by atoms with E-state index in [2.05, 4.69) is 10.6 Å². The zero-order valence-corrected chi connectivity index (χ0v) is 14.7. The molecule has 0 aromatic heterocycles. The number of ether oxygens (including phenoxy) is 2. The van der Waals surface area contributed by atoms with E-state index in [-0.39, 0.29) is 6.10 Å². The van der Waals surface area contributed by atoms with Crippen molar-refractivity contribution < 1.29 is 29.0 Å². The van der Waals surface area contributed by atoms with Crippen LogP contribution < -0.4 is 15.4 Å². The Morgan fingerprint density at radius 2 is 1.72 bits per heavy atom. The lowest BCUT2D eigenvalue weighted by molar-refractivity contribution is -0.141. The molecule has 138 valence electrons. The van der Waals surface area contributed by atoms with Gasteiger partial charge in [-0.25, -0.2) is 4.79 Å². The van der Waals surface area contributed by atoms with Crippen LogP contribution in [0.1, 0.15) is 38.8 Å². The molecule has 0 aliphatic rings. The first-order valence-electron chi connectivity index (χ1n) is 7.92. The fraction of sp³-hybridized carbons (Fsp3) is 0.471. The van der Waals surface area contributed by atoms with Crippen molar-refractivity contribution in [3.8, 4) is 5.75 Å². The Bertz CT molecular complexity index is 602. The molecule has 8 heteroatoms. The number of alkyl carbamates (subject to hydrolysis) is 1. The SMILES string of the molecule is CCC(C)OC(=O)N[C@H](C(=O)N[C@@H](C)C(=O)O)c1ccc(OC)cc1. The number of nitrogens with one attached hydrogen (secondary N) is 2. The molecule has 25 heavy (non-hydrogen) atoms. The van der Waals surface area contributed by atoms with E-state index < -0.39 is 30.1 Å². The van der Waals surface area contributed by atoms with Gasteiger partial charge in [-0.05, 0) is 38.0 Å². The van der Waals surface area contributed by atoms with Crippen molar-refractivity contribution in [2.24, 2.45) is 0 Å². The summed E-state index contributed by atoms with van der Waals surface area (Å²) in [5, 5.41) is 13.8. The third kappa shape index (κ3) is 6.33. The molecule has 0 saturated heterocycles. The van der Waals surface area contributed by atoms with Crippen LogP contribution in [0.15, 0.2) is 24.3 Å². The molecular formula is C17H24N2O6. The van der Waals surface area contributed by atoms with Gasteiger partial charge in [-0.1, -0.05) is 19.1 Å². The highest BCUT2D eigenvalue weighted by atomic mass is 16.6. The Labute approximate surface area is 146 Å². The molecule has 1 aromatic carbocycles. The van der Waals surface area contributed by atoms with Crippen molar-refractivity contribution in [1.82, 2.24) is 10.6 Å². The predicted molar refractivity (Wildman–Crippen MR) is 90.3 cm³/mol. The summed E-state index contributed by atoms with van der Waals surface area (Å²) in [6.07, 6.45) is -0.436. The van der Waals surface area contributed by atoms with E-state index in [0.29, 0.717) is 17.7 Å². The van der Waals surface area contributed by atoms with Crippen molar-refractivity contribution in [2.45, 2.75) is 45.4 Å². The maximum absolute atomic E-state index is 12.4. The average Bonchev–Trinajstić information content (AvgIpc) is 2.59. The first kappa shape index (κ1) is 20.3. The first-order chi connectivity index (χ1) is 11.8. The Morgan fingerprint density at radius 1 is 1.12 bits per heavy atom. The molecule has 1 unspecified atom stereocenters. The maximum Gasteiger partial charge on any atom is 0.408 e. The number of carboxylic acids is 1. The number of benzene rings is 1. The first-order valence-corrected chi connectivity index (χ1v) is 7.92. The van der Waals surface area contributed by atoms with Gasteiger partial charge < -0.3 is 25.2 Å². The smallest absolute Gasteiger partial charge is 0.408 e. The quantitative estimate of drug-likeness (QED) is 0.658. The molecule has 3 N–H and O–H groups in total. The lowest BCUT2D eigenvalue weighted by Crippen LogP contribution is -2.46. The second-order valence-electron chi connectivity index (χ2n) is 5.54. The van der Waals surface area contributed by atoms with Crippen LogP contribution in [0.5, 0.6) is 5.75 Å². The Kier molecular flexibility index (Phi) is 7.71. The second kappa shape index (κ2) is 9.51. The minimum atomic E-state index is -1.18. The molecule has 3 atom stereocenters. The third-order valence-electron chi connectivity index (χ3n) is 3.59. The summed E-state index contributed by atoms with van der Waals surface area (Å²) in [6, 6.07) is 4.30. The van der Waals surface area contributed by atoms with Crippen molar-refractivity contribution in [1.29, 1.82) is 0 Å². The average molecular weight is 352 g/mol. The number of hydrogen-bond acceptors (Lipinski definition) is 5. The summed E-state index contributed by atoms with van der Waals surface area (Å²) in [6.45, 7) is 4.93. The van der Waals surface area contributed by atoms with Crippen LogP contribution in [-0.4, -0.2) is 42.3 Å². The van der Waals surface area contributed by atoms with Crippen LogP contribution in [0.25, 0.3) is 0 Å². The summed E-state index contributed by atoms with van der Waals surface area (Å²) in [5.41, 5.74) is 0.469. The molecule has 2 amide bonds. The lowest BCUT2D eigenvalue weighted by Gasteiger charge is -2.21. The molecule has 0 fully saturated rings. The molecular weight excluding hydrogens is 328 g/mol. The van der Waals surface area contributed by atoms with Gasteiger partial charge in [0.05, 0.1) is 7.11 Å². The van der Waals surface area contributed by atoms with E-state index in [1.165, 1.54) is 14.0 Å². The number of carbonyl (C=O) groups excluding carboxylic acids is 2. The third-order valence-corrected chi connectivity index (χ3v) is 3.59. The topological polar surface area (TPSA) is 114 Å². The van der Waals surface area contributed by atoms with Crippen molar-refractivity contribution >= 4 is 18.0 Å².